The number of nitrogens with one attached hydrogen (secondary N) is 1. The summed E-state index contributed by atoms with van der Waals surface area (Å²) in [6.45, 7) is 7.36. The van der Waals surface area contributed by atoms with Crippen LogP contribution in [0.2, 0.25) is 0 Å². The smallest absolute Gasteiger partial charge is 0.126 e. The molecular formula is C13H19NO. The summed E-state index contributed by atoms with van der Waals surface area (Å²) in [4.78, 5) is 0. The van der Waals surface area contributed by atoms with Crippen molar-refractivity contribution in [1.82, 2.24) is 5.32 Å². The predicted octanol–water partition coefficient (Wildman–Crippen LogP) is 2.30. The maximum atomic E-state index is 5.93. The molecule has 2 rings (SSSR count). The highest BCUT2D eigenvalue weighted by Crippen LogP contribution is 2.31. The average molecular weight is 205 g/mol. The van der Waals surface area contributed by atoms with Crippen molar-refractivity contribution in [3.05, 3.63) is 29.3 Å². The van der Waals surface area contributed by atoms with Crippen LogP contribution in [0.1, 0.15) is 25.0 Å². The van der Waals surface area contributed by atoms with E-state index in [0.717, 1.165) is 18.7 Å². The second-order valence-electron chi connectivity index (χ2n) is 4.57. The molecule has 1 aliphatic heterocycles. The van der Waals surface area contributed by atoms with Crippen molar-refractivity contribution in [3.63, 3.8) is 0 Å². The Hall–Kier alpha value is -1.02. The fourth-order valence-corrected chi connectivity index (χ4v) is 1.98. The molecule has 1 aromatic carbocycles. The van der Waals surface area contributed by atoms with Crippen LogP contribution in [0.5, 0.6) is 5.75 Å². The van der Waals surface area contributed by atoms with E-state index in [1.807, 2.05) is 0 Å². The molecule has 2 nitrogen and oxygen atoms in total. The van der Waals surface area contributed by atoms with E-state index in [9.17, 15) is 0 Å². The van der Waals surface area contributed by atoms with E-state index >= 15 is 0 Å². The van der Waals surface area contributed by atoms with Gasteiger partial charge < -0.3 is 10.1 Å². The Balaban J connectivity index is 2.00. The molecule has 0 spiro atoms. The second kappa shape index (κ2) is 4.23. The first-order chi connectivity index (χ1) is 7.16. The average Bonchev–Trinajstić information content (AvgIpc) is 2.59. The number of hydrogen-bond donors (Lipinski definition) is 1. The lowest BCUT2D eigenvalue weighted by Gasteiger charge is -2.14. The van der Waals surface area contributed by atoms with Crippen molar-refractivity contribution >= 4 is 0 Å². The zero-order chi connectivity index (χ0) is 10.8. The summed E-state index contributed by atoms with van der Waals surface area (Å²) >= 11 is 0. The lowest BCUT2D eigenvalue weighted by molar-refractivity contribution is 0.222. The molecule has 0 radical (unpaired) electrons. The van der Waals surface area contributed by atoms with Gasteiger partial charge in [-0.1, -0.05) is 32.0 Å². The molecule has 1 unspecified atom stereocenters. The summed E-state index contributed by atoms with van der Waals surface area (Å²) in [6, 6.07) is 6.91. The third-order valence-corrected chi connectivity index (χ3v) is 2.78. The monoisotopic (exact) mass is 205 g/mol. The summed E-state index contributed by atoms with van der Waals surface area (Å²) in [5.74, 6) is 1.10. The molecule has 1 atom stereocenters. The minimum atomic E-state index is 0.309. The van der Waals surface area contributed by atoms with Gasteiger partial charge in [-0.25, -0.2) is 0 Å². The van der Waals surface area contributed by atoms with E-state index in [1.54, 1.807) is 0 Å². The minimum Gasteiger partial charge on any atom is -0.488 e. The second-order valence-corrected chi connectivity index (χ2v) is 4.57. The summed E-state index contributed by atoms with van der Waals surface area (Å²) in [5, 5.41) is 3.42. The first-order valence-corrected chi connectivity index (χ1v) is 5.65. The molecule has 82 valence electrons. The van der Waals surface area contributed by atoms with Gasteiger partial charge in [0.15, 0.2) is 0 Å². The van der Waals surface area contributed by atoms with Crippen molar-refractivity contribution < 1.29 is 4.74 Å². The van der Waals surface area contributed by atoms with Crippen LogP contribution in [0.4, 0.5) is 0 Å². The van der Waals surface area contributed by atoms with Crippen LogP contribution < -0.4 is 10.1 Å². The van der Waals surface area contributed by atoms with Crippen molar-refractivity contribution in [3.8, 4) is 5.75 Å². The van der Waals surface area contributed by atoms with Crippen LogP contribution in [-0.4, -0.2) is 18.7 Å². The maximum absolute atomic E-state index is 5.93. The Bertz CT molecular complexity index is 346. The van der Waals surface area contributed by atoms with Crippen LogP contribution >= 0.6 is 0 Å². The number of hydrogen-bond acceptors (Lipinski definition) is 2. The Morgan fingerprint density at radius 2 is 2.27 bits per heavy atom. The fraction of sp³-hybridized carbons (Fsp3) is 0.538. The van der Waals surface area contributed by atoms with Gasteiger partial charge in [-0.05, 0) is 18.1 Å². The molecular weight excluding hydrogens is 186 g/mol. The van der Waals surface area contributed by atoms with Crippen molar-refractivity contribution in [2.75, 3.05) is 6.54 Å². The first kappa shape index (κ1) is 10.5. The maximum Gasteiger partial charge on any atom is 0.126 e. The van der Waals surface area contributed by atoms with Gasteiger partial charge in [0.05, 0.1) is 0 Å². The van der Waals surface area contributed by atoms with Gasteiger partial charge in [0, 0.05) is 19.0 Å². The number of para-hydroxylation sites is 1. The largest absolute Gasteiger partial charge is 0.488 e. The van der Waals surface area contributed by atoms with Gasteiger partial charge in [0.25, 0.3) is 0 Å². The van der Waals surface area contributed by atoms with E-state index in [2.05, 4.69) is 44.3 Å². The zero-order valence-electron chi connectivity index (χ0n) is 9.71. The lowest BCUT2D eigenvalue weighted by atomic mass is 10.1. The van der Waals surface area contributed by atoms with Gasteiger partial charge in [-0.3, -0.25) is 0 Å². The van der Waals surface area contributed by atoms with Gasteiger partial charge in [0.2, 0.25) is 0 Å². The van der Waals surface area contributed by atoms with E-state index in [0.29, 0.717) is 12.1 Å². The molecule has 0 amide bonds. The van der Waals surface area contributed by atoms with Crippen LogP contribution in [0.3, 0.4) is 0 Å². The zero-order valence-corrected chi connectivity index (χ0v) is 9.71. The summed E-state index contributed by atoms with van der Waals surface area (Å²) in [6.07, 6.45) is 1.35. The number of fused-ring (bicyclic) bond motifs is 1. The molecule has 0 saturated heterocycles. The molecule has 0 bridgehead atoms. The lowest BCUT2D eigenvalue weighted by Crippen LogP contribution is -2.34. The van der Waals surface area contributed by atoms with Crippen LogP contribution in [0.15, 0.2) is 18.2 Å². The third-order valence-electron chi connectivity index (χ3n) is 2.78. The summed E-state index contributed by atoms with van der Waals surface area (Å²) in [7, 11) is 0. The Labute approximate surface area is 91.6 Å². The van der Waals surface area contributed by atoms with Crippen molar-refractivity contribution in [1.29, 1.82) is 0 Å². The normalized spacial score (nSPS) is 19.1. The Morgan fingerprint density at radius 1 is 1.47 bits per heavy atom. The number of ether oxygens (including phenoxy) is 1. The number of aryl methyl sites for hydroxylation is 1. The molecule has 0 aromatic heterocycles. The number of rotatable bonds is 3. The molecule has 0 saturated carbocycles. The Morgan fingerprint density at radius 3 is 2.93 bits per heavy atom. The standard InChI is InChI=1S/C13H19NO/c1-9(2)14-8-12-7-11-6-4-5-10(3)13(11)15-12/h4-6,9,12,14H,7-8H2,1-3H3. The topological polar surface area (TPSA) is 21.3 Å². The predicted molar refractivity (Wildman–Crippen MR) is 62.4 cm³/mol. The summed E-state index contributed by atoms with van der Waals surface area (Å²) < 4.78 is 5.93. The van der Waals surface area contributed by atoms with Gasteiger partial charge in [-0.2, -0.15) is 0 Å². The quantitative estimate of drug-likeness (QED) is 0.817. The van der Waals surface area contributed by atoms with Crippen LogP contribution in [-0.2, 0) is 6.42 Å². The van der Waals surface area contributed by atoms with Gasteiger partial charge in [0.1, 0.15) is 11.9 Å². The minimum absolute atomic E-state index is 0.309. The van der Waals surface area contributed by atoms with E-state index in [-0.39, 0.29) is 0 Å². The Kier molecular flexibility index (Phi) is 2.96. The van der Waals surface area contributed by atoms with E-state index in [1.165, 1.54) is 11.1 Å². The summed E-state index contributed by atoms with van der Waals surface area (Å²) in [5.41, 5.74) is 2.60. The molecule has 2 heteroatoms. The highest BCUT2D eigenvalue weighted by atomic mass is 16.5. The van der Waals surface area contributed by atoms with Crippen molar-refractivity contribution in [2.45, 2.75) is 39.3 Å². The van der Waals surface area contributed by atoms with Gasteiger partial charge >= 0.3 is 0 Å². The molecule has 0 aliphatic carbocycles. The highest BCUT2D eigenvalue weighted by molar-refractivity contribution is 5.43. The van der Waals surface area contributed by atoms with Crippen LogP contribution in [0, 0.1) is 6.92 Å². The molecule has 1 aliphatic rings. The molecule has 15 heavy (non-hydrogen) atoms. The van der Waals surface area contributed by atoms with Gasteiger partial charge in [-0.15, -0.1) is 0 Å². The highest BCUT2D eigenvalue weighted by Gasteiger charge is 2.23. The molecule has 0 fully saturated rings. The molecule has 1 aromatic rings. The fourth-order valence-electron chi connectivity index (χ4n) is 1.98. The van der Waals surface area contributed by atoms with E-state index in [4.69, 9.17) is 4.74 Å². The molecule has 1 N–H and O–H groups in total. The first-order valence-electron chi connectivity index (χ1n) is 5.65. The third kappa shape index (κ3) is 2.32. The van der Waals surface area contributed by atoms with Crippen LogP contribution in [0.25, 0.3) is 0 Å². The SMILES string of the molecule is Cc1cccc2c1OC(CNC(C)C)C2. The van der Waals surface area contributed by atoms with Crippen molar-refractivity contribution in [2.24, 2.45) is 0 Å². The number of benzene rings is 1. The van der Waals surface area contributed by atoms with E-state index < -0.39 is 0 Å². The molecule has 1 heterocycles.